The van der Waals surface area contributed by atoms with Crippen molar-refractivity contribution in [2.24, 2.45) is 0 Å². The highest BCUT2D eigenvalue weighted by molar-refractivity contribution is 5.85. The Hall–Kier alpha value is -0.470. The molecule has 1 N–H and O–H groups in total. The van der Waals surface area contributed by atoms with Crippen LogP contribution in [0.5, 0.6) is 0 Å². The highest BCUT2D eigenvalue weighted by atomic mass is 35.5. The first kappa shape index (κ1) is 9.62. The van der Waals surface area contributed by atoms with Gasteiger partial charge in [0.1, 0.15) is 0 Å². The Morgan fingerprint density at radius 1 is 1.42 bits per heavy atom. The first-order valence-corrected chi connectivity index (χ1v) is 4.22. The highest BCUT2D eigenvalue weighted by Gasteiger charge is 2.14. The van der Waals surface area contributed by atoms with Gasteiger partial charge >= 0.3 is 0 Å². The molecule has 1 aromatic rings. The first-order chi connectivity index (χ1) is 5.47. The van der Waals surface area contributed by atoms with Crippen LogP contribution < -0.4 is 5.32 Å². The van der Waals surface area contributed by atoms with Gasteiger partial charge in [-0.25, -0.2) is 0 Å². The van der Waals surface area contributed by atoms with Gasteiger partial charge in [-0.15, -0.1) is 12.4 Å². The molecule has 0 bridgehead atoms. The van der Waals surface area contributed by atoms with Gasteiger partial charge < -0.3 is 9.73 Å². The predicted octanol–water partition coefficient (Wildman–Crippen LogP) is 2.52. The molecule has 0 aliphatic carbocycles. The van der Waals surface area contributed by atoms with Crippen molar-refractivity contribution < 1.29 is 4.42 Å². The summed E-state index contributed by atoms with van der Waals surface area (Å²) in [7, 11) is 0. The second-order valence-electron chi connectivity index (χ2n) is 3.06. The number of furan rings is 1. The third-order valence-electron chi connectivity index (χ3n) is 2.26. The molecule has 2 nitrogen and oxygen atoms in total. The van der Waals surface area contributed by atoms with Gasteiger partial charge in [0.05, 0.1) is 12.5 Å². The van der Waals surface area contributed by atoms with E-state index in [2.05, 4.69) is 5.32 Å². The average molecular weight is 188 g/mol. The van der Waals surface area contributed by atoms with Crippen LogP contribution >= 0.6 is 12.4 Å². The van der Waals surface area contributed by atoms with Crippen molar-refractivity contribution >= 4 is 12.4 Å². The molecule has 0 unspecified atom stereocenters. The minimum Gasteiger partial charge on any atom is -0.472 e. The van der Waals surface area contributed by atoms with Crippen LogP contribution in [0, 0.1) is 0 Å². The second-order valence-corrected chi connectivity index (χ2v) is 3.06. The number of halogens is 1. The molecule has 0 radical (unpaired) electrons. The summed E-state index contributed by atoms with van der Waals surface area (Å²) in [5, 5.41) is 3.46. The lowest BCUT2D eigenvalue weighted by Gasteiger charge is -2.21. The van der Waals surface area contributed by atoms with Crippen LogP contribution in [0.25, 0.3) is 0 Å². The van der Waals surface area contributed by atoms with Gasteiger partial charge in [0, 0.05) is 11.6 Å². The van der Waals surface area contributed by atoms with E-state index in [4.69, 9.17) is 4.42 Å². The summed E-state index contributed by atoms with van der Waals surface area (Å²) in [5.74, 6) is 0. The molecular formula is C9H14ClNO. The van der Waals surface area contributed by atoms with E-state index in [0.29, 0.717) is 6.04 Å². The van der Waals surface area contributed by atoms with E-state index >= 15 is 0 Å². The quantitative estimate of drug-likeness (QED) is 0.731. The summed E-state index contributed by atoms with van der Waals surface area (Å²) in [5.41, 5.74) is 1.30. The summed E-state index contributed by atoms with van der Waals surface area (Å²) in [6.45, 7) is 1.15. The number of piperidine rings is 1. The van der Waals surface area contributed by atoms with E-state index in [1.54, 1.807) is 6.26 Å². The zero-order valence-electron chi connectivity index (χ0n) is 6.95. The maximum Gasteiger partial charge on any atom is 0.0950 e. The molecule has 1 atom stereocenters. The van der Waals surface area contributed by atoms with Gasteiger partial charge in [-0.3, -0.25) is 0 Å². The van der Waals surface area contributed by atoms with Crippen molar-refractivity contribution in [1.29, 1.82) is 0 Å². The molecule has 0 spiro atoms. The molecule has 1 aromatic heterocycles. The molecule has 1 aliphatic rings. The van der Waals surface area contributed by atoms with Gasteiger partial charge in [0.2, 0.25) is 0 Å². The smallest absolute Gasteiger partial charge is 0.0950 e. The maximum atomic E-state index is 5.03. The molecule has 1 aliphatic heterocycles. The summed E-state index contributed by atoms with van der Waals surface area (Å²) < 4.78 is 5.03. The molecule has 0 saturated carbocycles. The van der Waals surface area contributed by atoms with Gasteiger partial charge in [-0.05, 0) is 25.5 Å². The van der Waals surface area contributed by atoms with E-state index in [1.807, 2.05) is 12.3 Å². The molecule has 3 heteroatoms. The van der Waals surface area contributed by atoms with Crippen LogP contribution in [0.3, 0.4) is 0 Å². The van der Waals surface area contributed by atoms with Crippen molar-refractivity contribution in [3.63, 3.8) is 0 Å². The van der Waals surface area contributed by atoms with E-state index in [1.165, 1.54) is 24.8 Å². The maximum absolute atomic E-state index is 5.03. The fourth-order valence-electron chi connectivity index (χ4n) is 1.61. The van der Waals surface area contributed by atoms with Crippen molar-refractivity contribution in [2.45, 2.75) is 25.3 Å². The first-order valence-electron chi connectivity index (χ1n) is 4.22. The van der Waals surface area contributed by atoms with Crippen LogP contribution in [0.2, 0.25) is 0 Å². The number of nitrogens with one attached hydrogen (secondary N) is 1. The molecular weight excluding hydrogens is 174 g/mol. The Labute approximate surface area is 78.7 Å². The number of hydrogen-bond acceptors (Lipinski definition) is 2. The summed E-state index contributed by atoms with van der Waals surface area (Å²) in [6.07, 6.45) is 7.48. The average Bonchev–Trinajstić information content (AvgIpc) is 2.58. The topological polar surface area (TPSA) is 25.2 Å². The lowest BCUT2D eigenvalue weighted by molar-refractivity contribution is 0.409. The predicted molar refractivity (Wildman–Crippen MR) is 50.6 cm³/mol. The molecule has 1 saturated heterocycles. The van der Waals surface area contributed by atoms with Crippen LogP contribution in [0.4, 0.5) is 0 Å². The number of rotatable bonds is 1. The Morgan fingerprint density at radius 3 is 2.92 bits per heavy atom. The van der Waals surface area contributed by atoms with E-state index in [-0.39, 0.29) is 12.4 Å². The van der Waals surface area contributed by atoms with Crippen molar-refractivity contribution in [1.82, 2.24) is 5.32 Å². The summed E-state index contributed by atoms with van der Waals surface area (Å²) >= 11 is 0. The molecule has 1 fully saturated rings. The lowest BCUT2D eigenvalue weighted by atomic mass is 10.0. The Balaban J connectivity index is 0.000000720. The SMILES string of the molecule is Cl.c1cc([C@H]2CCCCN2)co1. The highest BCUT2D eigenvalue weighted by Crippen LogP contribution is 2.22. The minimum absolute atomic E-state index is 0. The van der Waals surface area contributed by atoms with Crippen molar-refractivity contribution in [3.8, 4) is 0 Å². The lowest BCUT2D eigenvalue weighted by Crippen LogP contribution is -2.26. The largest absolute Gasteiger partial charge is 0.472 e. The van der Waals surface area contributed by atoms with Crippen molar-refractivity contribution in [2.75, 3.05) is 6.54 Å². The van der Waals surface area contributed by atoms with E-state index in [0.717, 1.165) is 6.54 Å². The van der Waals surface area contributed by atoms with Gasteiger partial charge in [-0.2, -0.15) is 0 Å². The van der Waals surface area contributed by atoms with Crippen LogP contribution in [0.1, 0.15) is 30.9 Å². The Bertz CT molecular complexity index is 204. The molecule has 12 heavy (non-hydrogen) atoms. The molecule has 2 rings (SSSR count). The normalized spacial score (nSPS) is 23.2. The van der Waals surface area contributed by atoms with E-state index in [9.17, 15) is 0 Å². The second kappa shape index (κ2) is 4.53. The molecule has 68 valence electrons. The molecule has 2 heterocycles. The van der Waals surface area contributed by atoms with Gasteiger partial charge in [-0.1, -0.05) is 6.42 Å². The summed E-state index contributed by atoms with van der Waals surface area (Å²) in [6, 6.07) is 2.59. The standard InChI is InChI=1S/C9H13NO.ClH/c1-2-5-10-9(3-1)8-4-6-11-7-8;/h4,6-7,9-10H,1-3,5H2;1H/t9-;/m1./s1. The third-order valence-corrected chi connectivity index (χ3v) is 2.26. The van der Waals surface area contributed by atoms with Gasteiger partial charge in [0.25, 0.3) is 0 Å². The zero-order valence-corrected chi connectivity index (χ0v) is 7.77. The van der Waals surface area contributed by atoms with Crippen molar-refractivity contribution in [3.05, 3.63) is 24.2 Å². The van der Waals surface area contributed by atoms with Crippen LogP contribution in [-0.4, -0.2) is 6.54 Å². The zero-order chi connectivity index (χ0) is 7.52. The fraction of sp³-hybridized carbons (Fsp3) is 0.556. The number of hydrogen-bond donors (Lipinski definition) is 1. The van der Waals surface area contributed by atoms with Gasteiger partial charge in [0.15, 0.2) is 0 Å². The summed E-state index contributed by atoms with van der Waals surface area (Å²) in [4.78, 5) is 0. The Morgan fingerprint density at radius 2 is 2.33 bits per heavy atom. The van der Waals surface area contributed by atoms with Crippen LogP contribution in [-0.2, 0) is 0 Å². The Kier molecular flexibility index (Phi) is 3.63. The van der Waals surface area contributed by atoms with E-state index < -0.39 is 0 Å². The third kappa shape index (κ3) is 2.02. The van der Waals surface area contributed by atoms with Crippen LogP contribution in [0.15, 0.2) is 23.0 Å². The molecule has 0 aromatic carbocycles. The fourth-order valence-corrected chi connectivity index (χ4v) is 1.61. The molecule has 0 amide bonds. The monoisotopic (exact) mass is 187 g/mol. The minimum atomic E-state index is 0.